The van der Waals surface area contributed by atoms with Crippen molar-refractivity contribution in [3.8, 4) is 0 Å². The summed E-state index contributed by atoms with van der Waals surface area (Å²) in [4.78, 5) is 12.7. The first-order valence-electron chi connectivity index (χ1n) is 4.46. The number of likely N-dealkylation sites (tertiary alicyclic amines) is 1. The third-order valence-electron chi connectivity index (χ3n) is 2.35. The molecule has 70 valence electrons. The summed E-state index contributed by atoms with van der Waals surface area (Å²) in [6, 6.07) is 0.0243. The maximum atomic E-state index is 11.0. The second-order valence-corrected chi connectivity index (χ2v) is 3.24. The van der Waals surface area contributed by atoms with Crippen LogP contribution < -0.4 is 11.1 Å². The van der Waals surface area contributed by atoms with Gasteiger partial charge in [0.2, 0.25) is 0 Å². The van der Waals surface area contributed by atoms with Crippen molar-refractivity contribution in [3.05, 3.63) is 0 Å². The highest BCUT2D eigenvalue weighted by molar-refractivity contribution is 5.72. The molecule has 0 aliphatic carbocycles. The third kappa shape index (κ3) is 2.11. The van der Waals surface area contributed by atoms with Crippen LogP contribution in [0.1, 0.15) is 19.3 Å². The van der Waals surface area contributed by atoms with E-state index in [2.05, 4.69) is 5.32 Å². The molecule has 1 aliphatic heterocycles. The molecule has 0 radical (unpaired) electrons. The van der Waals surface area contributed by atoms with Gasteiger partial charge < -0.3 is 16.0 Å². The fourth-order valence-corrected chi connectivity index (χ4v) is 1.74. The first-order valence-corrected chi connectivity index (χ1v) is 4.46. The van der Waals surface area contributed by atoms with Crippen molar-refractivity contribution in [1.82, 2.24) is 10.2 Å². The largest absolute Gasteiger partial charge is 0.351 e. The lowest BCUT2D eigenvalue weighted by molar-refractivity contribution is 0.159. The van der Waals surface area contributed by atoms with E-state index in [1.165, 1.54) is 6.42 Å². The minimum Gasteiger partial charge on any atom is -0.351 e. The summed E-state index contributed by atoms with van der Waals surface area (Å²) in [5.41, 5.74) is 5.25. The van der Waals surface area contributed by atoms with Gasteiger partial charge >= 0.3 is 6.03 Å². The van der Waals surface area contributed by atoms with Crippen molar-refractivity contribution in [1.29, 1.82) is 0 Å². The molecule has 1 saturated heterocycles. The molecule has 0 saturated carbocycles. The van der Waals surface area contributed by atoms with Gasteiger partial charge in [-0.3, -0.25) is 0 Å². The average molecular weight is 171 g/mol. The number of hydrogen-bond acceptors (Lipinski definition) is 2. The van der Waals surface area contributed by atoms with E-state index >= 15 is 0 Å². The molecule has 1 fully saturated rings. The van der Waals surface area contributed by atoms with Crippen molar-refractivity contribution >= 4 is 6.03 Å². The SMILES string of the molecule is CNCC1CCCCN1C(N)=O. The number of urea groups is 1. The fourth-order valence-electron chi connectivity index (χ4n) is 1.74. The fraction of sp³-hybridized carbons (Fsp3) is 0.875. The van der Waals surface area contributed by atoms with Crippen LogP contribution in [0.3, 0.4) is 0 Å². The molecule has 0 spiro atoms. The van der Waals surface area contributed by atoms with Crippen LogP contribution in [-0.2, 0) is 0 Å². The zero-order valence-corrected chi connectivity index (χ0v) is 7.55. The molecule has 2 amide bonds. The van der Waals surface area contributed by atoms with Crippen LogP contribution in [0.5, 0.6) is 0 Å². The zero-order valence-electron chi connectivity index (χ0n) is 7.55. The Balaban J connectivity index is 2.48. The Morgan fingerprint density at radius 2 is 2.42 bits per heavy atom. The highest BCUT2D eigenvalue weighted by atomic mass is 16.2. The van der Waals surface area contributed by atoms with Gasteiger partial charge in [0.15, 0.2) is 0 Å². The molecule has 0 aromatic rings. The molecule has 12 heavy (non-hydrogen) atoms. The molecule has 1 unspecified atom stereocenters. The molecule has 3 N–H and O–H groups in total. The molecule has 0 aromatic heterocycles. The lowest BCUT2D eigenvalue weighted by Gasteiger charge is -2.34. The molecule has 0 bridgehead atoms. The van der Waals surface area contributed by atoms with Gasteiger partial charge in [-0.1, -0.05) is 0 Å². The molecule has 4 heteroatoms. The summed E-state index contributed by atoms with van der Waals surface area (Å²) in [6.07, 6.45) is 3.36. The number of nitrogens with one attached hydrogen (secondary N) is 1. The molecule has 1 aliphatic rings. The minimum atomic E-state index is -0.282. The van der Waals surface area contributed by atoms with E-state index in [1.54, 1.807) is 4.90 Å². The number of nitrogens with two attached hydrogens (primary N) is 1. The lowest BCUT2D eigenvalue weighted by Crippen LogP contribution is -2.50. The zero-order chi connectivity index (χ0) is 8.97. The molecule has 0 aromatic carbocycles. The van der Waals surface area contributed by atoms with Gasteiger partial charge in [0, 0.05) is 19.1 Å². The molecular weight excluding hydrogens is 154 g/mol. The highest BCUT2D eigenvalue weighted by Gasteiger charge is 2.23. The topological polar surface area (TPSA) is 58.4 Å². The van der Waals surface area contributed by atoms with E-state index in [-0.39, 0.29) is 6.03 Å². The summed E-state index contributed by atoms with van der Waals surface area (Å²) in [5, 5.41) is 3.07. The number of primary amides is 1. The standard InChI is InChI=1S/C8H17N3O/c1-10-6-7-4-2-3-5-11(7)8(9)12/h7,10H,2-6H2,1H3,(H2,9,12). The summed E-state index contributed by atoms with van der Waals surface area (Å²) >= 11 is 0. The Kier molecular flexibility index (Phi) is 3.34. The summed E-state index contributed by atoms with van der Waals surface area (Å²) in [6.45, 7) is 1.67. The Labute approximate surface area is 73.1 Å². The molecule has 1 atom stereocenters. The number of rotatable bonds is 2. The van der Waals surface area contributed by atoms with E-state index in [0.717, 1.165) is 25.9 Å². The summed E-state index contributed by atoms with van der Waals surface area (Å²) in [7, 11) is 1.90. The number of amides is 2. The van der Waals surface area contributed by atoms with E-state index in [0.29, 0.717) is 6.04 Å². The predicted molar refractivity (Wildman–Crippen MR) is 47.9 cm³/mol. The number of likely N-dealkylation sites (N-methyl/N-ethyl adjacent to an activating group) is 1. The Hall–Kier alpha value is -0.770. The van der Waals surface area contributed by atoms with Gasteiger partial charge in [-0.05, 0) is 26.3 Å². The number of piperidine rings is 1. The first kappa shape index (κ1) is 9.32. The number of nitrogens with zero attached hydrogens (tertiary/aromatic N) is 1. The smallest absolute Gasteiger partial charge is 0.315 e. The van der Waals surface area contributed by atoms with Crippen LogP contribution in [0.15, 0.2) is 0 Å². The monoisotopic (exact) mass is 171 g/mol. The van der Waals surface area contributed by atoms with Gasteiger partial charge in [-0.2, -0.15) is 0 Å². The van der Waals surface area contributed by atoms with Crippen molar-refractivity contribution in [2.75, 3.05) is 20.1 Å². The van der Waals surface area contributed by atoms with Crippen LogP contribution >= 0.6 is 0 Å². The highest BCUT2D eigenvalue weighted by Crippen LogP contribution is 2.15. The average Bonchev–Trinajstić information content (AvgIpc) is 2.05. The number of hydrogen-bond donors (Lipinski definition) is 2. The van der Waals surface area contributed by atoms with Gasteiger partial charge in [-0.25, -0.2) is 4.79 Å². The first-order chi connectivity index (χ1) is 5.75. The second-order valence-electron chi connectivity index (χ2n) is 3.24. The van der Waals surface area contributed by atoms with Gasteiger partial charge in [0.25, 0.3) is 0 Å². The third-order valence-corrected chi connectivity index (χ3v) is 2.35. The Morgan fingerprint density at radius 1 is 1.67 bits per heavy atom. The minimum absolute atomic E-state index is 0.282. The predicted octanol–water partition coefficient (Wildman–Crippen LogP) is 0.139. The van der Waals surface area contributed by atoms with Crippen LogP contribution in [0.25, 0.3) is 0 Å². The van der Waals surface area contributed by atoms with Crippen molar-refractivity contribution in [2.24, 2.45) is 5.73 Å². The van der Waals surface area contributed by atoms with Crippen LogP contribution in [-0.4, -0.2) is 37.1 Å². The molecular formula is C8H17N3O. The van der Waals surface area contributed by atoms with Crippen LogP contribution in [0, 0.1) is 0 Å². The maximum absolute atomic E-state index is 11.0. The second kappa shape index (κ2) is 4.30. The van der Waals surface area contributed by atoms with Gasteiger partial charge in [-0.15, -0.1) is 0 Å². The quantitative estimate of drug-likeness (QED) is 0.621. The normalized spacial score (nSPS) is 24.1. The van der Waals surface area contributed by atoms with Gasteiger partial charge in [0.1, 0.15) is 0 Å². The Morgan fingerprint density at radius 3 is 3.00 bits per heavy atom. The number of carbonyl (C=O) groups excluding carboxylic acids is 1. The van der Waals surface area contributed by atoms with Crippen molar-refractivity contribution in [2.45, 2.75) is 25.3 Å². The molecule has 4 nitrogen and oxygen atoms in total. The van der Waals surface area contributed by atoms with E-state index < -0.39 is 0 Å². The van der Waals surface area contributed by atoms with Crippen LogP contribution in [0.2, 0.25) is 0 Å². The van der Waals surface area contributed by atoms with E-state index in [1.807, 2.05) is 7.05 Å². The van der Waals surface area contributed by atoms with E-state index in [4.69, 9.17) is 5.73 Å². The van der Waals surface area contributed by atoms with Crippen molar-refractivity contribution in [3.63, 3.8) is 0 Å². The molecule has 1 heterocycles. The molecule has 1 rings (SSSR count). The maximum Gasteiger partial charge on any atom is 0.315 e. The summed E-state index contributed by atoms with van der Waals surface area (Å²) in [5.74, 6) is 0. The number of carbonyl (C=O) groups is 1. The van der Waals surface area contributed by atoms with Crippen LogP contribution in [0.4, 0.5) is 4.79 Å². The van der Waals surface area contributed by atoms with Gasteiger partial charge in [0.05, 0.1) is 0 Å². The van der Waals surface area contributed by atoms with E-state index in [9.17, 15) is 4.79 Å². The Bertz CT molecular complexity index is 158. The summed E-state index contributed by atoms with van der Waals surface area (Å²) < 4.78 is 0. The van der Waals surface area contributed by atoms with Crippen molar-refractivity contribution < 1.29 is 4.79 Å². The lowest BCUT2D eigenvalue weighted by atomic mass is 10.0.